The zero-order valence-electron chi connectivity index (χ0n) is 12.8. The number of hydrogen-bond donors (Lipinski definition) is 2. The number of hydrogen-bond acceptors (Lipinski definition) is 3. The van der Waals surface area contributed by atoms with E-state index in [9.17, 15) is 9.59 Å². The van der Waals surface area contributed by atoms with Gasteiger partial charge in [0.2, 0.25) is 0 Å². The summed E-state index contributed by atoms with van der Waals surface area (Å²) >= 11 is 0. The van der Waals surface area contributed by atoms with Crippen molar-refractivity contribution in [3.8, 4) is 0 Å². The van der Waals surface area contributed by atoms with Crippen LogP contribution >= 0.6 is 0 Å². The monoisotopic (exact) mass is 282 g/mol. The van der Waals surface area contributed by atoms with Crippen molar-refractivity contribution in [1.29, 1.82) is 0 Å². The van der Waals surface area contributed by atoms with Crippen molar-refractivity contribution in [3.05, 3.63) is 11.3 Å². The van der Waals surface area contributed by atoms with E-state index in [1.54, 1.807) is 13.8 Å². The first kappa shape index (κ1) is 16.5. The van der Waals surface area contributed by atoms with Crippen LogP contribution in [0.3, 0.4) is 0 Å². The van der Waals surface area contributed by atoms with Crippen LogP contribution in [0.25, 0.3) is 0 Å². The summed E-state index contributed by atoms with van der Waals surface area (Å²) in [4.78, 5) is 23.5. The van der Waals surface area contributed by atoms with Gasteiger partial charge in [0.15, 0.2) is 0 Å². The summed E-state index contributed by atoms with van der Waals surface area (Å²) in [5.74, 6) is -0.337. The molecule has 1 aliphatic heterocycles. The van der Waals surface area contributed by atoms with Crippen molar-refractivity contribution in [2.75, 3.05) is 6.61 Å². The number of rotatable bonds is 8. The maximum atomic E-state index is 12.0. The number of nitrogens with one attached hydrogen (secondary N) is 2. The van der Waals surface area contributed by atoms with Crippen LogP contribution in [-0.2, 0) is 9.53 Å². The molecule has 2 N–H and O–H groups in total. The maximum Gasteiger partial charge on any atom is 0.337 e. The van der Waals surface area contributed by atoms with Gasteiger partial charge in [0, 0.05) is 5.70 Å². The number of amides is 2. The lowest BCUT2D eigenvalue weighted by atomic mass is 9.97. The van der Waals surface area contributed by atoms with Crippen LogP contribution in [0, 0.1) is 0 Å². The van der Waals surface area contributed by atoms with Crippen molar-refractivity contribution in [1.82, 2.24) is 10.6 Å². The smallest absolute Gasteiger partial charge is 0.337 e. The van der Waals surface area contributed by atoms with Gasteiger partial charge in [0.1, 0.15) is 0 Å². The molecule has 1 heterocycles. The van der Waals surface area contributed by atoms with Crippen molar-refractivity contribution in [2.45, 2.75) is 65.3 Å². The third-order valence-electron chi connectivity index (χ3n) is 3.45. The van der Waals surface area contributed by atoms with Crippen LogP contribution < -0.4 is 10.6 Å². The van der Waals surface area contributed by atoms with Crippen LogP contribution in [0.1, 0.15) is 59.3 Å². The van der Waals surface area contributed by atoms with E-state index in [-0.39, 0.29) is 18.0 Å². The van der Waals surface area contributed by atoms with Crippen LogP contribution in [0.15, 0.2) is 11.3 Å². The zero-order valence-corrected chi connectivity index (χ0v) is 12.8. The quantitative estimate of drug-likeness (QED) is 0.531. The molecule has 0 radical (unpaired) electrons. The number of allylic oxidation sites excluding steroid dienone is 1. The summed E-state index contributed by atoms with van der Waals surface area (Å²) in [6, 6.07) is -0.474. The minimum Gasteiger partial charge on any atom is -0.463 e. The minimum atomic E-state index is -0.337. The normalized spacial score (nSPS) is 18.6. The Kier molecular flexibility index (Phi) is 7.12. The van der Waals surface area contributed by atoms with Crippen molar-refractivity contribution in [2.24, 2.45) is 0 Å². The molecule has 0 aromatic heterocycles. The number of carbonyl (C=O) groups is 2. The molecule has 5 heteroatoms. The van der Waals surface area contributed by atoms with Crippen LogP contribution in [-0.4, -0.2) is 24.6 Å². The van der Waals surface area contributed by atoms with Crippen molar-refractivity contribution >= 4 is 12.0 Å². The molecule has 0 fully saturated rings. The number of unbranched alkanes of at least 4 members (excludes halogenated alkanes) is 4. The molecule has 0 aliphatic carbocycles. The molecule has 0 bridgehead atoms. The van der Waals surface area contributed by atoms with Gasteiger partial charge in [0.25, 0.3) is 0 Å². The number of urea groups is 1. The molecule has 1 rings (SSSR count). The van der Waals surface area contributed by atoms with E-state index < -0.39 is 0 Å². The molecule has 2 amide bonds. The van der Waals surface area contributed by atoms with E-state index >= 15 is 0 Å². The lowest BCUT2D eigenvalue weighted by Crippen LogP contribution is -2.49. The Morgan fingerprint density at radius 1 is 1.20 bits per heavy atom. The molecule has 0 unspecified atom stereocenters. The van der Waals surface area contributed by atoms with Gasteiger partial charge in [-0.1, -0.05) is 39.0 Å². The highest BCUT2D eigenvalue weighted by Gasteiger charge is 2.30. The van der Waals surface area contributed by atoms with Gasteiger partial charge < -0.3 is 15.4 Å². The summed E-state index contributed by atoms with van der Waals surface area (Å²) in [6.45, 7) is 6.04. The van der Waals surface area contributed by atoms with E-state index in [0.717, 1.165) is 19.3 Å². The summed E-state index contributed by atoms with van der Waals surface area (Å²) in [5, 5.41) is 5.46. The highest BCUT2D eigenvalue weighted by atomic mass is 16.5. The van der Waals surface area contributed by atoms with E-state index in [1.165, 1.54) is 19.3 Å². The van der Waals surface area contributed by atoms with Crippen molar-refractivity contribution < 1.29 is 14.3 Å². The predicted molar refractivity (Wildman–Crippen MR) is 78.2 cm³/mol. The average molecular weight is 282 g/mol. The lowest BCUT2D eigenvalue weighted by Gasteiger charge is -2.27. The molecule has 0 aromatic rings. The Labute approximate surface area is 121 Å². The second-order valence-electron chi connectivity index (χ2n) is 5.11. The largest absolute Gasteiger partial charge is 0.463 e. The third kappa shape index (κ3) is 4.87. The Balaban J connectivity index is 2.62. The fourth-order valence-electron chi connectivity index (χ4n) is 2.44. The third-order valence-corrected chi connectivity index (χ3v) is 3.45. The Hall–Kier alpha value is -1.52. The van der Waals surface area contributed by atoms with Gasteiger partial charge in [-0.25, -0.2) is 9.59 Å². The van der Waals surface area contributed by atoms with Crippen LogP contribution in [0.4, 0.5) is 4.79 Å². The topological polar surface area (TPSA) is 67.4 Å². The molecule has 20 heavy (non-hydrogen) atoms. The molecule has 114 valence electrons. The van der Waals surface area contributed by atoms with E-state index in [2.05, 4.69) is 17.6 Å². The molecule has 1 aliphatic rings. The fraction of sp³-hybridized carbons (Fsp3) is 0.733. The predicted octanol–water partition coefficient (Wildman–Crippen LogP) is 2.87. The molecule has 0 saturated carbocycles. The Morgan fingerprint density at radius 3 is 2.55 bits per heavy atom. The van der Waals surface area contributed by atoms with Gasteiger partial charge in [0.05, 0.1) is 18.2 Å². The summed E-state index contributed by atoms with van der Waals surface area (Å²) in [6.07, 6.45) is 6.55. The molecular formula is C15H26N2O3. The average Bonchev–Trinajstić information content (AvgIpc) is 2.38. The van der Waals surface area contributed by atoms with Crippen LogP contribution in [0.5, 0.6) is 0 Å². The van der Waals surface area contributed by atoms with Crippen molar-refractivity contribution in [3.63, 3.8) is 0 Å². The Bertz CT molecular complexity index is 377. The zero-order chi connectivity index (χ0) is 15.0. The highest BCUT2D eigenvalue weighted by molar-refractivity contribution is 5.94. The Morgan fingerprint density at radius 2 is 1.90 bits per heavy atom. The van der Waals surface area contributed by atoms with E-state index in [4.69, 9.17) is 4.74 Å². The summed E-state index contributed by atoms with van der Waals surface area (Å²) in [5.41, 5.74) is 1.16. The van der Waals surface area contributed by atoms with E-state index in [0.29, 0.717) is 17.9 Å². The first-order valence-electron chi connectivity index (χ1n) is 7.55. The lowest BCUT2D eigenvalue weighted by molar-refractivity contribution is -0.139. The standard InChI is InChI=1S/C15H26N2O3/c1-4-6-7-8-9-10-12-13(14(18)20-5-2)11(3)16-15(19)17-12/h12H,4-10H2,1-3H3,(H2,16,17,19)/t12-/m1/s1. The molecule has 0 spiro atoms. The number of carbonyl (C=O) groups excluding carboxylic acids is 2. The van der Waals surface area contributed by atoms with Crippen LogP contribution in [0.2, 0.25) is 0 Å². The second-order valence-corrected chi connectivity index (χ2v) is 5.11. The number of esters is 1. The summed E-state index contributed by atoms with van der Waals surface area (Å²) < 4.78 is 5.07. The fourth-order valence-corrected chi connectivity index (χ4v) is 2.44. The summed E-state index contributed by atoms with van der Waals surface area (Å²) in [7, 11) is 0. The highest BCUT2D eigenvalue weighted by Crippen LogP contribution is 2.19. The molecule has 0 saturated heterocycles. The van der Waals surface area contributed by atoms with Gasteiger partial charge in [-0.3, -0.25) is 0 Å². The minimum absolute atomic E-state index is 0.232. The van der Waals surface area contributed by atoms with Gasteiger partial charge in [-0.15, -0.1) is 0 Å². The van der Waals surface area contributed by atoms with E-state index in [1.807, 2.05) is 0 Å². The first-order valence-corrected chi connectivity index (χ1v) is 7.55. The number of ether oxygens (including phenoxy) is 1. The van der Waals surface area contributed by atoms with Gasteiger partial charge in [-0.05, 0) is 20.3 Å². The molecule has 5 nitrogen and oxygen atoms in total. The van der Waals surface area contributed by atoms with Gasteiger partial charge >= 0.3 is 12.0 Å². The SMILES string of the molecule is CCCCCCC[C@H]1NC(=O)NC(C)=C1C(=O)OCC. The second kappa shape index (κ2) is 8.61. The molecule has 1 atom stereocenters. The first-order chi connectivity index (χ1) is 9.60. The maximum absolute atomic E-state index is 12.0. The van der Waals surface area contributed by atoms with Gasteiger partial charge in [-0.2, -0.15) is 0 Å². The molecule has 0 aromatic carbocycles. The molecular weight excluding hydrogens is 256 g/mol.